The first-order valence-corrected chi connectivity index (χ1v) is 5.97. The molecule has 2 aliphatic carbocycles. The zero-order valence-corrected chi connectivity index (χ0v) is 9.45. The van der Waals surface area contributed by atoms with Gasteiger partial charge in [0, 0.05) is 31.3 Å². The molecule has 14 heavy (non-hydrogen) atoms. The highest BCUT2D eigenvalue weighted by atomic mass is 15.2. The molecule has 2 heteroatoms. The average molecular weight is 194 g/mol. The number of hydrogen-bond donors (Lipinski definition) is 0. The highest BCUT2D eigenvalue weighted by Gasteiger charge is 2.35. The van der Waals surface area contributed by atoms with E-state index in [0.717, 1.165) is 18.0 Å². The molecule has 0 spiro atoms. The maximum Gasteiger partial charge on any atom is 0.0273 e. The summed E-state index contributed by atoms with van der Waals surface area (Å²) in [6.07, 6.45) is 10.6. The fourth-order valence-corrected chi connectivity index (χ4v) is 2.76. The summed E-state index contributed by atoms with van der Waals surface area (Å²) in [5.41, 5.74) is 0. The Labute approximate surface area is 87.4 Å². The Morgan fingerprint density at radius 3 is 2.50 bits per heavy atom. The molecule has 0 bridgehead atoms. The van der Waals surface area contributed by atoms with Crippen LogP contribution in [0.25, 0.3) is 0 Å². The maximum atomic E-state index is 4.22. The van der Waals surface area contributed by atoms with Crippen molar-refractivity contribution in [2.24, 2.45) is 10.9 Å². The summed E-state index contributed by atoms with van der Waals surface area (Å²) in [5, 5.41) is 0. The first-order chi connectivity index (χ1) is 6.83. The van der Waals surface area contributed by atoms with Crippen molar-refractivity contribution in [2.45, 2.75) is 50.6 Å². The third-order valence-corrected chi connectivity index (χ3v) is 3.77. The molecule has 0 aliphatic heterocycles. The van der Waals surface area contributed by atoms with E-state index in [1.807, 2.05) is 7.05 Å². The van der Waals surface area contributed by atoms with E-state index in [1.165, 1.54) is 38.5 Å². The van der Waals surface area contributed by atoms with Crippen molar-refractivity contribution in [1.82, 2.24) is 4.90 Å². The summed E-state index contributed by atoms with van der Waals surface area (Å²) in [6, 6.07) is 1.67. The highest BCUT2D eigenvalue weighted by Crippen LogP contribution is 2.34. The van der Waals surface area contributed by atoms with Gasteiger partial charge in [-0.3, -0.25) is 4.90 Å². The minimum atomic E-state index is 0.722. The summed E-state index contributed by atoms with van der Waals surface area (Å²) in [7, 11) is 4.22. The van der Waals surface area contributed by atoms with Gasteiger partial charge in [-0.05, 0) is 32.7 Å². The van der Waals surface area contributed by atoms with Crippen molar-refractivity contribution < 1.29 is 0 Å². The SMILES string of the molecule is CN=CC1CCCC[C@@H]1N(C)C1CC1. The zero-order valence-electron chi connectivity index (χ0n) is 9.45. The minimum absolute atomic E-state index is 0.722. The highest BCUT2D eigenvalue weighted by molar-refractivity contribution is 5.61. The molecule has 1 unspecified atom stereocenters. The second-order valence-corrected chi connectivity index (χ2v) is 4.82. The third kappa shape index (κ3) is 2.17. The van der Waals surface area contributed by atoms with Crippen LogP contribution in [-0.2, 0) is 0 Å². The zero-order chi connectivity index (χ0) is 9.97. The molecule has 2 fully saturated rings. The Kier molecular flexibility index (Phi) is 3.22. The van der Waals surface area contributed by atoms with Crippen LogP contribution in [0.1, 0.15) is 38.5 Å². The summed E-state index contributed by atoms with van der Waals surface area (Å²) >= 11 is 0. The standard InChI is InChI=1S/C12H22N2/c1-13-9-10-5-3-4-6-12(10)14(2)11-7-8-11/h9-12H,3-8H2,1-2H3/t10?,12-/m0/s1. The Morgan fingerprint density at radius 2 is 1.86 bits per heavy atom. The van der Waals surface area contributed by atoms with Crippen molar-refractivity contribution in [3.63, 3.8) is 0 Å². The van der Waals surface area contributed by atoms with Gasteiger partial charge in [0.05, 0.1) is 0 Å². The number of nitrogens with zero attached hydrogens (tertiary/aromatic N) is 2. The topological polar surface area (TPSA) is 15.6 Å². The van der Waals surface area contributed by atoms with E-state index in [2.05, 4.69) is 23.2 Å². The van der Waals surface area contributed by atoms with Crippen molar-refractivity contribution in [2.75, 3.05) is 14.1 Å². The van der Waals surface area contributed by atoms with Crippen LogP contribution in [0.3, 0.4) is 0 Å². The molecule has 2 rings (SSSR count). The van der Waals surface area contributed by atoms with Crippen LogP contribution in [0.2, 0.25) is 0 Å². The summed E-state index contributed by atoms with van der Waals surface area (Å²) < 4.78 is 0. The predicted octanol–water partition coefficient (Wildman–Crippen LogP) is 2.34. The van der Waals surface area contributed by atoms with Gasteiger partial charge in [0.2, 0.25) is 0 Å². The molecule has 0 N–H and O–H groups in total. The predicted molar refractivity (Wildman–Crippen MR) is 60.9 cm³/mol. The molecule has 0 radical (unpaired) electrons. The summed E-state index contributed by atoms with van der Waals surface area (Å²) in [4.78, 5) is 6.84. The van der Waals surface area contributed by atoms with E-state index in [4.69, 9.17) is 0 Å². The molecule has 2 atom stereocenters. The van der Waals surface area contributed by atoms with Crippen LogP contribution in [0.15, 0.2) is 4.99 Å². The Morgan fingerprint density at radius 1 is 1.14 bits per heavy atom. The Balaban J connectivity index is 1.97. The largest absolute Gasteiger partial charge is 0.301 e. The van der Waals surface area contributed by atoms with E-state index in [9.17, 15) is 0 Å². The van der Waals surface area contributed by atoms with Gasteiger partial charge in [-0.1, -0.05) is 12.8 Å². The van der Waals surface area contributed by atoms with Crippen LogP contribution in [0, 0.1) is 5.92 Å². The molecular weight excluding hydrogens is 172 g/mol. The van der Waals surface area contributed by atoms with Gasteiger partial charge in [0.25, 0.3) is 0 Å². The van der Waals surface area contributed by atoms with Crippen LogP contribution in [0.4, 0.5) is 0 Å². The van der Waals surface area contributed by atoms with Gasteiger partial charge in [0.15, 0.2) is 0 Å². The lowest BCUT2D eigenvalue weighted by Crippen LogP contribution is -2.41. The van der Waals surface area contributed by atoms with Gasteiger partial charge in [0.1, 0.15) is 0 Å². The molecule has 0 heterocycles. The van der Waals surface area contributed by atoms with Gasteiger partial charge < -0.3 is 4.99 Å². The molecule has 0 saturated heterocycles. The van der Waals surface area contributed by atoms with E-state index >= 15 is 0 Å². The normalized spacial score (nSPS) is 34.2. The van der Waals surface area contributed by atoms with E-state index in [1.54, 1.807) is 0 Å². The van der Waals surface area contributed by atoms with Crippen LogP contribution >= 0.6 is 0 Å². The lowest BCUT2D eigenvalue weighted by Gasteiger charge is -2.36. The van der Waals surface area contributed by atoms with Crippen LogP contribution < -0.4 is 0 Å². The molecule has 2 aliphatic rings. The molecule has 2 nitrogen and oxygen atoms in total. The number of hydrogen-bond acceptors (Lipinski definition) is 2. The van der Waals surface area contributed by atoms with Crippen molar-refractivity contribution in [1.29, 1.82) is 0 Å². The van der Waals surface area contributed by atoms with Gasteiger partial charge in [-0.15, -0.1) is 0 Å². The van der Waals surface area contributed by atoms with Gasteiger partial charge >= 0.3 is 0 Å². The third-order valence-electron chi connectivity index (χ3n) is 3.77. The first kappa shape index (κ1) is 10.2. The maximum absolute atomic E-state index is 4.22. The second kappa shape index (κ2) is 4.43. The fourth-order valence-electron chi connectivity index (χ4n) is 2.76. The molecule has 0 aromatic heterocycles. The lowest BCUT2D eigenvalue weighted by molar-refractivity contribution is 0.157. The molecule has 0 amide bonds. The monoisotopic (exact) mass is 194 g/mol. The Bertz CT molecular complexity index is 208. The molecular formula is C12H22N2. The molecule has 2 saturated carbocycles. The molecule has 0 aromatic carbocycles. The van der Waals surface area contributed by atoms with Crippen LogP contribution in [-0.4, -0.2) is 37.3 Å². The summed E-state index contributed by atoms with van der Waals surface area (Å²) in [6.45, 7) is 0. The number of aliphatic imine (C=N–C) groups is 1. The Hall–Kier alpha value is -0.370. The van der Waals surface area contributed by atoms with E-state index in [0.29, 0.717) is 0 Å². The number of rotatable bonds is 3. The quantitative estimate of drug-likeness (QED) is 0.630. The smallest absolute Gasteiger partial charge is 0.0273 e. The van der Waals surface area contributed by atoms with Crippen LogP contribution in [0.5, 0.6) is 0 Å². The van der Waals surface area contributed by atoms with Crippen molar-refractivity contribution >= 4 is 6.21 Å². The lowest BCUT2D eigenvalue weighted by atomic mass is 9.84. The summed E-state index contributed by atoms with van der Waals surface area (Å²) in [5.74, 6) is 0.722. The first-order valence-electron chi connectivity index (χ1n) is 5.97. The fraction of sp³-hybridized carbons (Fsp3) is 0.917. The van der Waals surface area contributed by atoms with Gasteiger partial charge in [-0.2, -0.15) is 0 Å². The van der Waals surface area contributed by atoms with Gasteiger partial charge in [-0.25, -0.2) is 0 Å². The average Bonchev–Trinajstić information content (AvgIpc) is 3.01. The van der Waals surface area contributed by atoms with E-state index in [-0.39, 0.29) is 0 Å². The molecule has 80 valence electrons. The molecule has 0 aromatic rings. The van der Waals surface area contributed by atoms with Crippen molar-refractivity contribution in [3.05, 3.63) is 0 Å². The van der Waals surface area contributed by atoms with Crippen molar-refractivity contribution in [3.8, 4) is 0 Å². The second-order valence-electron chi connectivity index (χ2n) is 4.82. The minimum Gasteiger partial charge on any atom is -0.301 e. The van der Waals surface area contributed by atoms with E-state index < -0.39 is 0 Å².